The number of likely N-dealkylation sites (tertiary alicyclic amines) is 1. The molecule has 4 aliphatic heterocycles. The minimum Gasteiger partial charge on any atom is -0.396 e. The lowest BCUT2D eigenvalue weighted by molar-refractivity contribution is -0.149. The minimum atomic E-state index is -1.21. The summed E-state index contributed by atoms with van der Waals surface area (Å²) in [4.78, 5) is 46.7. The third-order valence-electron chi connectivity index (χ3n) is 7.67. The van der Waals surface area contributed by atoms with Crippen LogP contribution in [-0.2, 0) is 25.7 Å². The summed E-state index contributed by atoms with van der Waals surface area (Å²) >= 11 is 0. The van der Waals surface area contributed by atoms with Crippen LogP contribution in [0.2, 0.25) is 0 Å². The van der Waals surface area contributed by atoms with Crippen LogP contribution >= 0.6 is 0 Å². The summed E-state index contributed by atoms with van der Waals surface area (Å²) in [5.74, 6) is -2.06. The van der Waals surface area contributed by atoms with Crippen LogP contribution in [0.1, 0.15) is 25.8 Å². The van der Waals surface area contributed by atoms with Crippen molar-refractivity contribution in [1.29, 1.82) is 0 Å². The molecule has 1 unspecified atom stereocenters. The first kappa shape index (κ1) is 23.8. The van der Waals surface area contributed by atoms with Gasteiger partial charge in [0.2, 0.25) is 17.7 Å². The number of amides is 3. The van der Waals surface area contributed by atoms with Crippen LogP contribution in [0.3, 0.4) is 0 Å². The summed E-state index contributed by atoms with van der Waals surface area (Å²) in [6, 6.07) is 8.87. The first-order valence-electron chi connectivity index (χ1n) is 12.5. The molecule has 5 rings (SSSR count). The lowest BCUT2D eigenvalue weighted by Crippen LogP contribution is -2.56. The summed E-state index contributed by atoms with van der Waals surface area (Å²) in [5.41, 5.74) is -0.197. The molecule has 1 spiro atoms. The van der Waals surface area contributed by atoms with Gasteiger partial charge in [-0.1, -0.05) is 54.6 Å². The molecule has 5 atom stereocenters. The van der Waals surface area contributed by atoms with Gasteiger partial charge in [0, 0.05) is 38.8 Å². The molecule has 4 aliphatic rings. The monoisotopic (exact) mass is 479 g/mol. The lowest BCUT2D eigenvalue weighted by atomic mass is 9.77. The van der Waals surface area contributed by atoms with Gasteiger partial charge in [0.05, 0.1) is 17.9 Å². The Morgan fingerprint density at radius 2 is 1.83 bits per heavy atom. The smallest absolute Gasteiger partial charge is 0.249 e. The van der Waals surface area contributed by atoms with Crippen molar-refractivity contribution >= 4 is 17.7 Å². The second-order valence-corrected chi connectivity index (χ2v) is 10.1. The number of benzene rings is 1. The van der Waals surface area contributed by atoms with E-state index < -0.39 is 29.6 Å². The summed E-state index contributed by atoms with van der Waals surface area (Å²) in [5, 5.41) is 9.46. The third kappa shape index (κ3) is 3.79. The second-order valence-electron chi connectivity index (χ2n) is 10.1. The van der Waals surface area contributed by atoms with Gasteiger partial charge in [0.25, 0.3) is 0 Å². The molecule has 3 amide bonds. The number of hydrogen-bond donors (Lipinski definition) is 1. The predicted molar refractivity (Wildman–Crippen MR) is 129 cm³/mol. The minimum absolute atomic E-state index is 0.0501. The van der Waals surface area contributed by atoms with Gasteiger partial charge in [-0.2, -0.15) is 0 Å². The Bertz CT molecular complexity index is 1050. The Balaban J connectivity index is 1.54. The van der Waals surface area contributed by atoms with Gasteiger partial charge < -0.3 is 24.5 Å². The average molecular weight is 480 g/mol. The van der Waals surface area contributed by atoms with Crippen molar-refractivity contribution in [3.8, 4) is 0 Å². The van der Waals surface area contributed by atoms with Gasteiger partial charge >= 0.3 is 0 Å². The van der Waals surface area contributed by atoms with E-state index in [9.17, 15) is 19.5 Å². The topological polar surface area (TPSA) is 90.4 Å². The standard InChI is InChI=1S/C27H33N3O5/c1-18(2)29-14-7-12-27-22(25(33)30(15-8-16-31)23(27)26(29)34)21-20(35-27)11-6-13-28(24(21)32)17-19-9-4-3-5-10-19/h3-7,9-12,18,20-23,31H,8,13-17H2,1-2H3/t20-,21+,22-,23?,27-/m0/s1. The molecule has 0 radical (unpaired) electrons. The maximum Gasteiger partial charge on any atom is 0.249 e. The molecule has 2 fully saturated rings. The Hall–Kier alpha value is -2.97. The fourth-order valence-electron chi connectivity index (χ4n) is 6.10. The number of aliphatic hydroxyl groups is 1. The van der Waals surface area contributed by atoms with E-state index in [1.807, 2.05) is 68.5 Å². The van der Waals surface area contributed by atoms with Crippen molar-refractivity contribution in [2.75, 3.05) is 26.2 Å². The molecule has 1 aromatic carbocycles. The maximum absolute atomic E-state index is 13.9. The van der Waals surface area contributed by atoms with E-state index >= 15 is 0 Å². The zero-order valence-electron chi connectivity index (χ0n) is 20.2. The molecule has 8 nitrogen and oxygen atoms in total. The Morgan fingerprint density at radius 1 is 1.06 bits per heavy atom. The summed E-state index contributed by atoms with van der Waals surface area (Å²) in [7, 11) is 0. The molecule has 0 bridgehead atoms. The fourth-order valence-corrected chi connectivity index (χ4v) is 6.10. The van der Waals surface area contributed by atoms with Gasteiger partial charge in [0.15, 0.2) is 0 Å². The van der Waals surface area contributed by atoms with Crippen LogP contribution < -0.4 is 0 Å². The number of ether oxygens (including phenoxy) is 1. The van der Waals surface area contributed by atoms with Crippen molar-refractivity contribution in [3.63, 3.8) is 0 Å². The van der Waals surface area contributed by atoms with Crippen molar-refractivity contribution in [2.45, 2.75) is 50.6 Å². The zero-order valence-corrected chi connectivity index (χ0v) is 20.2. The van der Waals surface area contributed by atoms with E-state index in [-0.39, 0.29) is 36.9 Å². The molecule has 0 saturated carbocycles. The number of fused-ring (bicyclic) bond motifs is 2. The lowest BCUT2D eigenvalue weighted by Gasteiger charge is -2.36. The first-order chi connectivity index (χ1) is 16.9. The van der Waals surface area contributed by atoms with Gasteiger partial charge in [-0.3, -0.25) is 14.4 Å². The van der Waals surface area contributed by atoms with E-state index in [4.69, 9.17) is 4.74 Å². The maximum atomic E-state index is 13.9. The molecule has 35 heavy (non-hydrogen) atoms. The second kappa shape index (κ2) is 9.24. The van der Waals surface area contributed by atoms with E-state index in [1.165, 1.54) is 0 Å². The van der Waals surface area contributed by atoms with Crippen LogP contribution in [0, 0.1) is 11.8 Å². The van der Waals surface area contributed by atoms with E-state index in [2.05, 4.69) is 0 Å². The molecule has 2 saturated heterocycles. The van der Waals surface area contributed by atoms with E-state index in [1.54, 1.807) is 14.7 Å². The third-order valence-corrected chi connectivity index (χ3v) is 7.67. The Morgan fingerprint density at radius 3 is 2.54 bits per heavy atom. The highest BCUT2D eigenvalue weighted by Crippen LogP contribution is 2.53. The predicted octanol–water partition coefficient (Wildman–Crippen LogP) is 1.36. The zero-order chi connectivity index (χ0) is 24.7. The summed E-state index contributed by atoms with van der Waals surface area (Å²) in [6.45, 7) is 5.34. The molecule has 0 aliphatic carbocycles. The number of carbonyl (C=O) groups is 3. The molecule has 1 aromatic rings. The van der Waals surface area contributed by atoms with Gasteiger partial charge in [-0.15, -0.1) is 0 Å². The van der Waals surface area contributed by atoms with Gasteiger partial charge in [0.1, 0.15) is 11.6 Å². The number of carbonyl (C=O) groups excluding carboxylic acids is 3. The SMILES string of the molecule is CC(C)N1CC=C[C@]23O[C@H]4C=CCN(Cc5ccccc5)C(=O)[C@H]4[C@H]2C(=O)N(CCCO)C3C1=O. The molecule has 1 N–H and O–H groups in total. The van der Waals surface area contributed by atoms with Crippen LogP contribution in [-0.4, -0.2) is 87.6 Å². The Labute approximate surface area is 205 Å². The Kier molecular flexibility index (Phi) is 6.27. The normalized spacial score (nSPS) is 32.1. The van der Waals surface area contributed by atoms with Gasteiger partial charge in [-0.25, -0.2) is 0 Å². The number of nitrogens with zero attached hydrogens (tertiary/aromatic N) is 3. The van der Waals surface area contributed by atoms with Crippen molar-refractivity contribution in [2.24, 2.45) is 11.8 Å². The molecular weight excluding hydrogens is 446 g/mol. The number of aliphatic hydroxyl groups excluding tert-OH is 1. The first-order valence-corrected chi connectivity index (χ1v) is 12.5. The highest BCUT2D eigenvalue weighted by Gasteiger charge is 2.71. The summed E-state index contributed by atoms with van der Waals surface area (Å²) < 4.78 is 6.60. The molecule has 0 aromatic heterocycles. The van der Waals surface area contributed by atoms with Crippen LogP contribution in [0.4, 0.5) is 0 Å². The van der Waals surface area contributed by atoms with Crippen molar-refractivity contribution < 1.29 is 24.2 Å². The van der Waals surface area contributed by atoms with Crippen LogP contribution in [0.5, 0.6) is 0 Å². The molecule has 186 valence electrons. The average Bonchev–Trinajstić information content (AvgIpc) is 3.15. The highest BCUT2D eigenvalue weighted by molar-refractivity contribution is 5.99. The largest absolute Gasteiger partial charge is 0.396 e. The van der Waals surface area contributed by atoms with Crippen molar-refractivity contribution in [3.05, 3.63) is 60.2 Å². The highest BCUT2D eigenvalue weighted by atomic mass is 16.5. The molecule has 4 heterocycles. The molecule has 8 heteroatoms. The number of hydrogen-bond acceptors (Lipinski definition) is 5. The van der Waals surface area contributed by atoms with E-state index in [0.29, 0.717) is 26.1 Å². The van der Waals surface area contributed by atoms with E-state index in [0.717, 1.165) is 5.56 Å². The summed E-state index contributed by atoms with van der Waals surface area (Å²) in [6.07, 6.45) is 7.33. The fraction of sp³-hybridized carbons (Fsp3) is 0.519. The number of rotatable bonds is 6. The van der Waals surface area contributed by atoms with Gasteiger partial charge in [-0.05, 0) is 25.8 Å². The quantitative estimate of drug-likeness (QED) is 0.623. The van der Waals surface area contributed by atoms with Crippen LogP contribution in [0.15, 0.2) is 54.6 Å². The molecular formula is C27H33N3O5. The van der Waals surface area contributed by atoms with Crippen LogP contribution in [0.25, 0.3) is 0 Å². The van der Waals surface area contributed by atoms with Crippen molar-refractivity contribution in [1.82, 2.24) is 14.7 Å².